The summed E-state index contributed by atoms with van der Waals surface area (Å²) in [6, 6.07) is 9.54. The molecule has 0 heterocycles. The van der Waals surface area contributed by atoms with Gasteiger partial charge in [0.2, 0.25) is 0 Å². The lowest BCUT2D eigenvalue weighted by molar-refractivity contribution is 0.498. The van der Waals surface area contributed by atoms with Gasteiger partial charge >= 0.3 is 0 Å². The lowest BCUT2D eigenvalue weighted by Gasteiger charge is -2.20. The van der Waals surface area contributed by atoms with Gasteiger partial charge in [-0.1, -0.05) is 50.6 Å². The fourth-order valence-electron chi connectivity index (χ4n) is 2.21. The van der Waals surface area contributed by atoms with Gasteiger partial charge < -0.3 is 5.32 Å². The van der Waals surface area contributed by atoms with Crippen LogP contribution in [-0.4, -0.2) is 6.54 Å². The SMILES string of the molecule is C=C(C)CCC(NCCC)c1ccc(C(C)C)cc1. The highest BCUT2D eigenvalue weighted by molar-refractivity contribution is 5.27. The fraction of sp³-hybridized carbons (Fsp3) is 0.556. The van der Waals surface area contributed by atoms with E-state index < -0.39 is 0 Å². The van der Waals surface area contributed by atoms with Crippen molar-refractivity contribution in [2.75, 3.05) is 6.54 Å². The minimum absolute atomic E-state index is 0.456. The van der Waals surface area contributed by atoms with Gasteiger partial charge in [0.15, 0.2) is 0 Å². The summed E-state index contributed by atoms with van der Waals surface area (Å²) >= 11 is 0. The second-order valence-electron chi connectivity index (χ2n) is 5.82. The molecule has 106 valence electrons. The molecule has 1 rings (SSSR count). The summed E-state index contributed by atoms with van der Waals surface area (Å²) in [5.74, 6) is 0.603. The minimum Gasteiger partial charge on any atom is -0.310 e. The predicted octanol–water partition coefficient (Wildman–Crippen LogP) is 5.21. The Labute approximate surface area is 119 Å². The maximum atomic E-state index is 4.01. The summed E-state index contributed by atoms with van der Waals surface area (Å²) in [6.07, 6.45) is 3.40. The Kier molecular flexibility index (Phi) is 6.86. The lowest BCUT2D eigenvalue weighted by atomic mass is 9.96. The van der Waals surface area contributed by atoms with E-state index in [0.29, 0.717) is 12.0 Å². The highest BCUT2D eigenvalue weighted by Gasteiger charge is 2.10. The Hall–Kier alpha value is -1.08. The van der Waals surface area contributed by atoms with Crippen LogP contribution >= 0.6 is 0 Å². The molecule has 0 bridgehead atoms. The third kappa shape index (κ3) is 5.61. The first-order chi connectivity index (χ1) is 9.04. The Morgan fingerprint density at radius 2 is 1.74 bits per heavy atom. The first-order valence-corrected chi connectivity index (χ1v) is 7.52. The molecular formula is C18H29N. The van der Waals surface area contributed by atoms with Gasteiger partial charge in [0.1, 0.15) is 0 Å². The number of hydrogen-bond acceptors (Lipinski definition) is 1. The first kappa shape index (κ1) is 16.0. The normalized spacial score (nSPS) is 12.7. The molecular weight excluding hydrogens is 230 g/mol. The molecule has 1 aromatic rings. The molecule has 0 radical (unpaired) electrons. The second kappa shape index (κ2) is 8.16. The van der Waals surface area contributed by atoms with Crippen LogP contribution in [0.5, 0.6) is 0 Å². The molecule has 1 atom stereocenters. The van der Waals surface area contributed by atoms with E-state index >= 15 is 0 Å². The molecule has 1 aromatic carbocycles. The summed E-state index contributed by atoms with van der Waals surface area (Å²) in [4.78, 5) is 0. The van der Waals surface area contributed by atoms with Crippen molar-refractivity contribution in [2.24, 2.45) is 0 Å². The van der Waals surface area contributed by atoms with Crippen LogP contribution in [0.2, 0.25) is 0 Å². The molecule has 0 saturated heterocycles. The van der Waals surface area contributed by atoms with Gasteiger partial charge in [-0.15, -0.1) is 6.58 Å². The van der Waals surface area contributed by atoms with Crippen molar-refractivity contribution >= 4 is 0 Å². The smallest absolute Gasteiger partial charge is 0.0323 e. The summed E-state index contributed by atoms with van der Waals surface area (Å²) in [5.41, 5.74) is 4.08. The van der Waals surface area contributed by atoms with Crippen LogP contribution in [0.25, 0.3) is 0 Å². The van der Waals surface area contributed by atoms with Crippen LogP contribution in [0.4, 0.5) is 0 Å². The number of allylic oxidation sites excluding steroid dienone is 1. The maximum absolute atomic E-state index is 4.01. The van der Waals surface area contributed by atoms with Gasteiger partial charge in [0, 0.05) is 6.04 Å². The van der Waals surface area contributed by atoms with E-state index in [1.54, 1.807) is 0 Å². The summed E-state index contributed by atoms with van der Waals surface area (Å²) in [7, 11) is 0. The molecule has 0 spiro atoms. The van der Waals surface area contributed by atoms with Crippen molar-refractivity contribution in [1.29, 1.82) is 0 Å². The zero-order chi connectivity index (χ0) is 14.3. The van der Waals surface area contributed by atoms with Gasteiger partial charge in [0.25, 0.3) is 0 Å². The third-order valence-electron chi connectivity index (χ3n) is 3.51. The average molecular weight is 259 g/mol. The quantitative estimate of drug-likeness (QED) is 0.632. The van der Waals surface area contributed by atoms with Crippen LogP contribution in [-0.2, 0) is 0 Å². The second-order valence-corrected chi connectivity index (χ2v) is 5.82. The summed E-state index contributed by atoms with van der Waals surface area (Å²) in [6.45, 7) is 13.9. The average Bonchev–Trinajstić information content (AvgIpc) is 2.39. The Morgan fingerprint density at radius 1 is 1.16 bits per heavy atom. The van der Waals surface area contributed by atoms with E-state index in [2.05, 4.69) is 63.9 Å². The predicted molar refractivity (Wildman–Crippen MR) is 85.6 cm³/mol. The molecule has 0 aliphatic heterocycles. The molecule has 0 aromatic heterocycles. The molecule has 1 nitrogen and oxygen atoms in total. The zero-order valence-electron chi connectivity index (χ0n) is 13.0. The van der Waals surface area contributed by atoms with E-state index in [1.165, 1.54) is 23.1 Å². The van der Waals surface area contributed by atoms with Gasteiger partial charge in [-0.3, -0.25) is 0 Å². The van der Waals surface area contributed by atoms with E-state index in [0.717, 1.165) is 19.4 Å². The molecule has 1 N–H and O–H groups in total. The molecule has 1 unspecified atom stereocenters. The number of nitrogens with one attached hydrogen (secondary N) is 1. The van der Waals surface area contributed by atoms with Crippen molar-refractivity contribution in [1.82, 2.24) is 5.32 Å². The van der Waals surface area contributed by atoms with Crippen molar-refractivity contribution in [3.05, 3.63) is 47.5 Å². The molecule has 19 heavy (non-hydrogen) atoms. The van der Waals surface area contributed by atoms with Gasteiger partial charge in [-0.2, -0.15) is 0 Å². The van der Waals surface area contributed by atoms with Crippen LogP contribution in [0.3, 0.4) is 0 Å². The highest BCUT2D eigenvalue weighted by atomic mass is 14.9. The monoisotopic (exact) mass is 259 g/mol. The topological polar surface area (TPSA) is 12.0 Å². The summed E-state index contributed by atoms with van der Waals surface area (Å²) in [5, 5.41) is 3.65. The van der Waals surface area contributed by atoms with Crippen LogP contribution in [0, 0.1) is 0 Å². The highest BCUT2D eigenvalue weighted by Crippen LogP contribution is 2.23. The molecule has 0 saturated carbocycles. The third-order valence-corrected chi connectivity index (χ3v) is 3.51. The van der Waals surface area contributed by atoms with Gasteiger partial charge in [0.05, 0.1) is 0 Å². The fourth-order valence-corrected chi connectivity index (χ4v) is 2.21. The number of hydrogen-bond donors (Lipinski definition) is 1. The summed E-state index contributed by atoms with van der Waals surface area (Å²) < 4.78 is 0. The van der Waals surface area contributed by atoms with E-state index in [-0.39, 0.29) is 0 Å². The Balaban J connectivity index is 2.74. The van der Waals surface area contributed by atoms with E-state index in [1.807, 2.05) is 0 Å². The van der Waals surface area contributed by atoms with E-state index in [9.17, 15) is 0 Å². The number of benzene rings is 1. The van der Waals surface area contributed by atoms with Crippen molar-refractivity contribution in [3.8, 4) is 0 Å². The standard InChI is InChI=1S/C18H29N/c1-6-13-19-18(12-7-14(2)3)17-10-8-16(9-11-17)15(4)5/h8-11,15,18-19H,2,6-7,12-13H2,1,3-5H3. The van der Waals surface area contributed by atoms with Crippen molar-refractivity contribution in [3.63, 3.8) is 0 Å². The van der Waals surface area contributed by atoms with E-state index in [4.69, 9.17) is 0 Å². The maximum Gasteiger partial charge on any atom is 0.0323 e. The Bertz CT molecular complexity index is 375. The van der Waals surface area contributed by atoms with Crippen molar-refractivity contribution in [2.45, 2.75) is 58.9 Å². The van der Waals surface area contributed by atoms with Crippen LogP contribution in [0.15, 0.2) is 36.4 Å². The Morgan fingerprint density at radius 3 is 2.21 bits per heavy atom. The van der Waals surface area contributed by atoms with Crippen LogP contribution in [0.1, 0.15) is 70.0 Å². The van der Waals surface area contributed by atoms with Gasteiger partial charge in [-0.25, -0.2) is 0 Å². The minimum atomic E-state index is 0.456. The number of rotatable bonds is 8. The van der Waals surface area contributed by atoms with Crippen LogP contribution < -0.4 is 5.32 Å². The molecule has 0 aliphatic carbocycles. The zero-order valence-corrected chi connectivity index (χ0v) is 13.0. The first-order valence-electron chi connectivity index (χ1n) is 7.52. The lowest BCUT2D eigenvalue weighted by Crippen LogP contribution is -2.22. The van der Waals surface area contributed by atoms with Crippen molar-refractivity contribution < 1.29 is 0 Å². The molecule has 0 aliphatic rings. The largest absolute Gasteiger partial charge is 0.310 e. The molecule has 1 heteroatoms. The van der Waals surface area contributed by atoms with Gasteiger partial charge in [-0.05, 0) is 49.8 Å². The molecule has 0 amide bonds. The molecule has 0 fully saturated rings.